The number of benzene rings is 1. The number of nitrogens with one attached hydrogen (secondary N) is 2. The fourth-order valence-electron chi connectivity index (χ4n) is 4.26. The van der Waals surface area contributed by atoms with Crippen LogP contribution in [-0.2, 0) is 18.3 Å². The highest BCUT2D eigenvalue weighted by Gasteiger charge is 2.38. The van der Waals surface area contributed by atoms with Crippen LogP contribution in [0.2, 0.25) is 0 Å². The number of rotatable bonds is 9. The number of hydrogen-bond acceptors (Lipinski definition) is 7. The zero-order valence-electron chi connectivity index (χ0n) is 21.9. The predicted octanol–water partition coefficient (Wildman–Crippen LogP) is 4.40. The van der Waals surface area contributed by atoms with Gasteiger partial charge in [0, 0.05) is 36.6 Å². The molecule has 0 saturated heterocycles. The van der Waals surface area contributed by atoms with E-state index in [1.165, 1.54) is 25.3 Å². The van der Waals surface area contributed by atoms with E-state index >= 15 is 0 Å². The molecule has 16 heteroatoms. The number of alkyl halides is 6. The lowest BCUT2D eigenvalue weighted by atomic mass is 10.00. The van der Waals surface area contributed by atoms with Crippen LogP contribution in [-0.4, -0.2) is 48.5 Å². The molecule has 4 aromatic rings. The molecule has 0 spiro atoms. The van der Waals surface area contributed by atoms with Gasteiger partial charge in [0.15, 0.2) is 11.4 Å². The van der Waals surface area contributed by atoms with E-state index in [1.54, 1.807) is 5.10 Å². The maximum Gasteiger partial charge on any atom is 0.423 e. The van der Waals surface area contributed by atoms with Gasteiger partial charge in [-0.2, -0.15) is 18.3 Å². The number of hydrogen-bond donors (Lipinski definition) is 3. The van der Waals surface area contributed by atoms with Gasteiger partial charge in [0.1, 0.15) is 17.6 Å². The van der Waals surface area contributed by atoms with Crippen LogP contribution in [0.3, 0.4) is 0 Å². The normalized spacial score (nSPS) is 15.0. The Morgan fingerprint density at radius 3 is 2.38 bits per heavy atom. The van der Waals surface area contributed by atoms with Crippen molar-refractivity contribution in [2.45, 2.75) is 57.2 Å². The molecule has 3 N–H and O–H groups in total. The van der Waals surface area contributed by atoms with Gasteiger partial charge in [-0.15, -0.1) is 0 Å². The summed E-state index contributed by atoms with van der Waals surface area (Å²) in [6.07, 6.45) is -6.30. The largest absolute Gasteiger partial charge is 0.423 e. The summed E-state index contributed by atoms with van der Waals surface area (Å²) < 4.78 is 96.7. The second kappa shape index (κ2) is 11.5. The number of nitrogens with zero attached hydrogens (tertiary/aromatic N) is 4. The van der Waals surface area contributed by atoms with Crippen molar-refractivity contribution in [3.63, 3.8) is 0 Å². The SMILES string of the molecule is C[C@H](C[C@H](F)Cn1ccc2cc(-c3ncc([C@@](C)(O)C(F)F)cn3)c(F)cc2c1=O)Nc1cn[nH]c(=O)c1C(F)(F)F. The molecule has 0 bridgehead atoms. The summed E-state index contributed by atoms with van der Waals surface area (Å²) in [4.78, 5) is 32.3. The zero-order chi connectivity index (χ0) is 31.0. The molecule has 42 heavy (non-hydrogen) atoms. The average Bonchev–Trinajstić information content (AvgIpc) is 2.89. The van der Waals surface area contributed by atoms with Crippen LogP contribution in [0, 0.1) is 5.82 Å². The Labute approximate surface area is 232 Å². The van der Waals surface area contributed by atoms with Crippen LogP contribution in [0.1, 0.15) is 31.4 Å². The lowest BCUT2D eigenvalue weighted by Gasteiger charge is -2.21. The van der Waals surface area contributed by atoms with Crippen molar-refractivity contribution in [2.24, 2.45) is 0 Å². The van der Waals surface area contributed by atoms with Gasteiger partial charge in [0.2, 0.25) is 0 Å². The third kappa shape index (κ3) is 6.27. The Balaban J connectivity index is 1.52. The maximum atomic E-state index is 15.0. The topological polar surface area (TPSA) is 126 Å². The second-order valence-electron chi connectivity index (χ2n) is 9.80. The van der Waals surface area contributed by atoms with Gasteiger partial charge in [0.25, 0.3) is 17.5 Å². The molecule has 0 fully saturated rings. The Hall–Kier alpha value is -4.34. The molecule has 3 atom stereocenters. The Kier molecular flexibility index (Phi) is 8.39. The number of aromatic amines is 1. The van der Waals surface area contributed by atoms with E-state index in [9.17, 15) is 45.4 Å². The average molecular weight is 600 g/mol. The summed E-state index contributed by atoms with van der Waals surface area (Å²) >= 11 is 0. The third-order valence-electron chi connectivity index (χ3n) is 6.51. The number of aromatic nitrogens is 5. The third-order valence-corrected chi connectivity index (χ3v) is 6.51. The molecule has 1 aromatic carbocycles. The minimum atomic E-state index is -4.98. The molecular formula is C26H23F7N6O3. The summed E-state index contributed by atoms with van der Waals surface area (Å²) in [5, 5.41) is 17.5. The smallest absolute Gasteiger partial charge is 0.381 e. The van der Waals surface area contributed by atoms with Crippen LogP contribution in [0.15, 0.2) is 52.6 Å². The Morgan fingerprint density at radius 1 is 1.10 bits per heavy atom. The summed E-state index contributed by atoms with van der Waals surface area (Å²) in [5.74, 6) is -1.12. The first-order chi connectivity index (χ1) is 19.6. The fourth-order valence-corrected chi connectivity index (χ4v) is 4.26. The van der Waals surface area contributed by atoms with Crippen molar-refractivity contribution in [2.75, 3.05) is 5.32 Å². The number of H-pyrrole nitrogens is 1. The molecule has 9 nitrogen and oxygen atoms in total. The molecule has 4 rings (SSSR count). The monoisotopic (exact) mass is 600 g/mol. The molecule has 3 heterocycles. The highest BCUT2D eigenvalue weighted by Crippen LogP contribution is 2.32. The Morgan fingerprint density at radius 2 is 1.76 bits per heavy atom. The molecule has 0 aliphatic heterocycles. The second-order valence-corrected chi connectivity index (χ2v) is 9.80. The standard InChI is InChI=1S/C26H23F7N6O3/c1-12(37-19-10-36-38-22(40)20(19)26(31,32)33)5-15(27)11-39-4-3-13-6-17(18(28)7-16(13)23(39)41)21-34-8-14(9-35-21)25(2,42)24(29)30/h3-4,6-10,12,15,24,42H,5,11H2,1-2H3,(H2,37,38,40)/t12-,15+,25-/m1/s1. The number of fused-ring (bicyclic) bond motifs is 1. The quantitative estimate of drug-likeness (QED) is 0.243. The molecule has 0 aliphatic carbocycles. The zero-order valence-corrected chi connectivity index (χ0v) is 21.9. The lowest BCUT2D eigenvalue weighted by Crippen LogP contribution is -2.30. The molecule has 0 unspecified atom stereocenters. The van der Waals surface area contributed by atoms with Crippen LogP contribution >= 0.6 is 0 Å². The van der Waals surface area contributed by atoms with Crippen LogP contribution in [0.4, 0.5) is 36.4 Å². The number of anilines is 1. The van der Waals surface area contributed by atoms with Crippen molar-refractivity contribution >= 4 is 16.5 Å². The first-order valence-electron chi connectivity index (χ1n) is 12.3. The van der Waals surface area contributed by atoms with E-state index in [2.05, 4.69) is 20.4 Å². The van der Waals surface area contributed by atoms with E-state index < -0.39 is 65.1 Å². The molecular weight excluding hydrogens is 577 g/mol. The van der Waals surface area contributed by atoms with Gasteiger partial charge in [-0.05, 0) is 37.4 Å². The van der Waals surface area contributed by atoms with Crippen molar-refractivity contribution in [1.29, 1.82) is 0 Å². The Bertz CT molecular complexity index is 1700. The van der Waals surface area contributed by atoms with Gasteiger partial charge in [-0.1, -0.05) is 0 Å². The minimum Gasteiger partial charge on any atom is -0.381 e. The van der Waals surface area contributed by atoms with Gasteiger partial charge in [0.05, 0.1) is 29.4 Å². The maximum absolute atomic E-state index is 15.0. The molecule has 0 radical (unpaired) electrons. The van der Waals surface area contributed by atoms with Gasteiger partial charge in [-0.3, -0.25) is 9.59 Å². The van der Waals surface area contributed by atoms with Crippen LogP contribution in [0.5, 0.6) is 0 Å². The van der Waals surface area contributed by atoms with Crippen molar-refractivity contribution < 1.29 is 35.8 Å². The molecule has 3 aromatic heterocycles. The van der Waals surface area contributed by atoms with Crippen LogP contribution < -0.4 is 16.4 Å². The first-order valence-corrected chi connectivity index (χ1v) is 12.3. The molecule has 0 saturated carbocycles. The fraction of sp³-hybridized carbons (Fsp3) is 0.346. The summed E-state index contributed by atoms with van der Waals surface area (Å²) in [6, 6.07) is 2.65. The molecule has 224 valence electrons. The first kappa shape index (κ1) is 30.6. The highest BCUT2D eigenvalue weighted by molar-refractivity contribution is 5.86. The summed E-state index contributed by atoms with van der Waals surface area (Å²) in [6.45, 7) is 1.76. The minimum absolute atomic E-state index is 0.112. The van der Waals surface area contributed by atoms with Crippen molar-refractivity contribution in [3.8, 4) is 11.4 Å². The van der Waals surface area contributed by atoms with E-state index in [0.717, 1.165) is 36.1 Å². The molecule has 0 aliphatic rings. The lowest BCUT2D eigenvalue weighted by molar-refractivity contribution is -0.138. The number of aliphatic hydroxyl groups is 1. The van der Waals surface area contributed by atoms with Gasteiger partial charge < -0.3 is 15.0 Å². The van der Waals surface area contributed by atoms with E-state index in [0.29, 0.717) is 0 Å². The highest BCUT2D eigenvalue weighted by atomic mass is 19.4. The van der Waals surface area contributed by atoms with Crippen LogP contribution in [0.25, 0.3) is 22.2 Å². The van der Waals surface area contributed by atoms with Gasteiger partial charge in [-0.25, -0.2) is 32.6 Å². The number of halogens is 7. The van der Waals surface area contributed by atoms with E-state index in [-0.39, 0.29) is 34.1 Å². The van der Waals surface area contributed by atoms with Crippen molar-refractivity contribution in [3.05, 3.63) is 80.6 Å². The molecule has 0 amide bonds. The van der Waals surface area contributed by atoms with E-state index in [4.69, 9.17) is 0 Å². The van der Waals surface area contributed by atoms with Gasteiger partial charge >= 0.3 is 6.18 Å². The van der Waals surface area contributed by atoms with E-state index in [1.807, 2.05) is 0 Å². The summed E-state index contributed by atoms with van der Waals surface area (Å²) in [7, 11) is 0. The predicted molar refractivity (Wildman–Crippen MR) is 137 cm³/mol. The summed E-state index contributed by atoms with van der Waals surface area (Å²) in [5.41, 5.74) is -7.30. The number of pyridine rings is 1. The van der Waals surface area contributed by atoms with Crippen molar-refractivity contribution in [1.82, 2.24) is 24.7 Å².